The second-order valence-electron chi connectivity index (χ2n) is 7.36. The molecule has 0 aliphatic carbocycles. The Kier molecular flexibility index (Phi) is 6.39. The van der Waals surface area contributed by atoms with Crippen LogP contribution in [0.5, 0.6) is 5.75 Å². The van der Waals surface area contributed by atoms with Crippen molar-refractivity contribution in [2.45, 2.75) is 40.4 Å². The summed E-state index contributed by atoms with van der Waals surface area (Å²) in [5.74, 6) is -0.0756. The smallest absolute Gasteiger partial charge is 0.337 e. The first-order chi connectivity index (χ1) is 13.9. The minimum atomic E-state index is -0.883. The highest BCUT2D eigenvalue weighted by molar-refractivity contribution is 5.91. The molecule has 29 heavy (non-hydrogen) atoms. The number of nitrogens with zero attached hydrogens (tertiary/aromatic N) is 1. The lowest BCUT2D eigenvalue weighted by Crippen LogP contribution is -2.15. The van der Waals surface area contributed by atoms with Crippen molar-refractivity contribution < 1.29 is 14.6 Å². The van der Waals surface area contributed by atoms with Crippen molar-refractivity contribution in [3.63, 3.8) is 0 Å². The van der Waals surface area contributed by atoms with E-state index in [4.69, 9.17) is 4.74 Å². The van der Waals surface area contributed by atoms with Crippen LogP contribution in [0, 0.1) is 20.8 Å². The highest BCUT2D eigenvalue weighted by atomic mass is 16.5. The van der Waals surface area contributed by atoms with E-state index in [0.717, 1.165) is 28.3 Å². The minimum Gasteiger partial charge on any atom is -0.497 e. The van der Waals surface area contributed by atoms with Gasteiger partial charge in [0.25, 0.3) is 0 Å². The molecule has 0 atom stereocenters. The van der Waals surface area contributed by atoms with Crippen LogP contribution in [-0.2, 0) is 19.6 Å². The molecule has 0 radical (unpaired) electrons. The fourth-order valence-corrected chi connectivity index (χ4v) is 3.75. The Hall–Kier alpha value is -3.05. The van der Waals surface area contributed by atoms with Crippen LogP contribution in [0.1, 0.15) is 44.0 Å². The van der Waals surface area contributed by atoms with Crippen molar-refractivity contribution in [3.8, 4) is 5.75 Å². The van der Waals surface area contributed by atoms with Gasteiger partial charge in [0.15, 0.2) is 0 Å². The Morgan fingerprint density at radius 1 is 1.00 bits per heavy atom. The Bertz CT molecular complexity index is 1000. The molecule has 0 bridgehead atoms. The number of hydrogen-bond acceptors (Lipinski definition) is 3. The molecule has 1 aromatic heterocycles. The predicted octanol–water partition coefficient (Wildman–Crippen LogP) is 4.46. The third kappa shape index (κ3) is 4.69. The summed E-state index contributed by atoms with van der Waals surface area (Å²) in [6.07, 6.45) is 0. The van der Waals surface area contributed by atoms with E-state index < -0.39 is 5.97 Å². The number of nitrogens with one attached hydrogen (secondary N) is 1. The van der Waals surface area contributed by atoms with Gasteiger partial charge in [-0.25, -0.2) is 4.79 Å². The number of carboxylic acid groups (broad SMARTS) is 1. The van der Waals surface area contributed by atoms with Gasteiger partial charge in [0.05, 0.1) is 12.7 Å². The predicted molar refractivity (Wildman–Crippen MR) is 115 cm³/mol. The summed E-state index contributed by atoms with van der Waals surface area (Å²) < 4.78 is 7.30. The molecule has 5 heteroatoms. The topological polar surface area (TPSA) is 63.5 Å². The number of benzene rings is 2. The molecule has 0 spiro atoms. The van der Waals surface area contributed by atoms with Gasteiger partial charge in [-0.1, -0.05) is 42.0 Å². The first kappa shape index (κ1) is 20.7. The minimum absolute atomic E-state index is 0.396. The van der Waals surface area contributed by atoms with Gasteiger partial charge in [0.1, 0.15) is 5.75 Å². The molecule has 0 saturated carbocycles. The van der Waals surface area contributed by atoms with Crippen LogP contribution < -0.4 is 10.1 Å². The van der Waals surface area contributed by atoms with Gasteiger partial charge < -0.3 is 19.7 Å². The Morgan fingerprint density at radius 2 is 1.72 bits per heavy atom. The molecular weight excluding hydrogens is 364 g/mol. The molecule has 152 valence electrons. The van der Waals surface area contributed by atoms with Crippen molar-refractivity contribution in [1.82, 2.24) is 9.88 Å². The Balaban J connectivity index is 1.82. The lowest BCUT2D eigenvalue weighted by atomic mass is 10.1. The number of aryl methyl sites for hydroxylation is 1. The third-order valence-electron chi connectivity index (χ3n) is 5.34. The van der Waals surface area contributed by atoms with E-state index in [-0.39, 0.29) is 0 Å². The van der Waals surface area contributed by atoms with Gasteiger partial charge in [0.2, 0.25) is 0 Å². The summed E-state index contributed by atoms with van der Waals surface area (Å²) in [6.45, 7) is 7.77. The SMILES string of the molecule is COc1ccc(Cn2c(C)c(CNCc3cccc(C)c3)c(C(=O)O)c2C)cc1. The van der Waals surface area contributed by atoms with Crippen LogP contribution in [0.4, 0.5) is 0 Å². The second-order valence-corrected chi connectivity index (χ2v) is 7.36. The molecular formula is C24H28N2O3. The molecule has 3 rings (SSSR count). The highest BCUT2D eigenvalue weighted by Gasteiger charge is 2.22. The molecule has 2 N–H and O–H groups in total. The highest BCUT2D eigenvalue weighted by Crippen LogP contribution is 2.24. The average Bonchev–Trinajstić information content (AvgIpc) is 2.93. The first-order valence-electron chi connectivity index (χ1n) is 9.71. The Morgan fingerprint density at radius 3 is 2.34 bits per heavy atom. The molecule has 2 aromatic carbocycles. The van der Waals surface area contributed by atoms with E-state index in [2.05, 4.69) is 35.0 Å². The molecule has 0 aliphatic rings. The fourth-order valence-electron chi connectivity index (χ4n) is 3.75. The van der Waals surface area contributed by atoms with E-state index in [1.807, 2.05) is 44.2 Å². The zero-order valence-corrected chi connectivity index (χ0v) is 17.5. The van der Waals surface area contributed by atoms with Crippen molar-refractivity contribution in [3.05, 3.63) is 87.7 Å². The van der Waals surface area contributed by atoms with Crippen LogP contribution in [0.3, 0.4) is 0 Å². The number of rotatable bonds is 8. The Labute approximate surface area is 172 Å². The van der Waals surface area contributed by atoms with Crippen molar-refractivity contribution in [1.29, 1.82) is 0 Å². The van der Waals surface area contributed by atoms with Crippen molar-refractivity contribution in [2.75, 3.05) is 7.11 Å². The van der Waals surface area contributed by atoms with Gasteiger partial charge in [-0.05, 0) is 44.0 Å². The van der Waals surface area contributed by atoms with Crippen LogP contribution in [0.2, 0.25) is 0 Å². The van der Waals surface area contributed by atoms with E-state index in [1.54, 1.807) is 7.11 Å². The summed E-state index contributed by atoms with van der Waals surface area (Å²) in [5.41, 5.74) is 6.50. The largest absolute Gasteiger partial charge is 0.497 e. The van der Waals surface area contributed by atoms with Crippen LogP contribution in [0.25, 0.3) is 0 Å². The van der Waals surface area contributed by atoms with Gasteiger partial charge in [-0.15, -0.1) is 0 Å². The first-order valence-corrected chi connectivity index (χ1v) is 9.71. The maximum Gasteiger partial charge on any atom is 0.337 e. The molecule has 0 unspecified atom stereocenters. The van der Waals surface area contributed by atoms with E-state index >= 15 is 0 Å². The summed E-state index contributed by atoms with van der Waals surface area (Å²) >= 11 is 0. The zero-order valence-electron chi connectivity index (χ0n) is 17.5. The number of hydrogen-bond donors (Lipinski definition) is 2. The van der Waals surface area contributed by atoms with Crippen LogP contribution in [-0.4, -0.2) is 22.8 Å². The van der Waals surface area contributed by atoms with Crippen LogP contribution >= 0.6 is 0 Å². The lowest BCUT2D eigenvalue weighted by Gasteiger charge is -2.11. The maximum atomic E-state index is 12.0. The summed E-state index contributed by atoms with van der Waals surface area (Å²) in [6, 6.07) is 16.2. The molecule has 0 fully saturated rings. The molecule has 0 amide bonds. The summed E-state index contributed by atoms with van der Waals surface area (Å²) in [7, 11) is 1.64. The van der Waals surface area contributed by atoms with Gasteiger partial charge in [-0.3, -0.25) is 0 Å². The van der Waals surface area contributed by atoms with Crippen LogP contribution in [0.15, 0.2) is 48.5 Å². The van der Waals surface area contributed by atoms with E-state index in [0.29, 0.717) is 25.2 Å². The number of methoxy groups -OCH3 is 1. The fraction of sp³-hybridized carbons (Fsp3) is 0.292. The zero-order chi connectivity index (χ0) is 21.0. The standard InChI is InChI=1S/C24H28N2O3/c1-16-6-5-7-20(12-16)13-25-14-22-17(2)26(18(3)23(22)24(27)28)15-19-8-10-21(29-4)11-9-19/h5-12,25H,13-15H2,1-4H3,(H,27,28). The normalized spacial score (nSPS) is 10.9. The lowest BCUT2D eigenvalue weighted by molar-refractivity contribution is 0.0694. The van der Waals surface area contributed by atoms with Gasteiger partial charge in [-0.2, -0.15) is 0 Å². The average molecular weight is 392 g/mol. The molecule has 0 saturated heterocycles. The number of aromatic nitrogens is 1. The number of carboxylic acids is 1. The molecule has 0 aliphatic heterocycles. The van der Waals surface area contributed by atoms with Gasteiger partial charge >= 0.3 is 5.97 Å². The number of aromatic carboxylic acids is 1. The molecule has 3 aromatic rings. The van der Waals surface area contributed by atoms with E-state index in [1.165, 1.54) is 11.1 Å². The van der Waals surface area contributed by atoms with Crippen molar-refractivity contribution in [2.24, 2.45) is 0 Å². The number of ether oxygens (including phenoxy) is 1. The quantitative estimate of drug-likeness (QED) is 0.594. The molecule has 5 nitrogen and oxygen atoms in total. The number of carbonyl (C=O) groups is 1. The van der Waals surface area contributed by atoms with Gasteiger partial charge in [0, 0.05) is 36.6 Å². The summed E-state index contributed by atoms with van der Waals surface area (Å²) in [4.78, 5) is 12.0. The maximum absolute atomic E-state index is 12.0. The second kappa shape index (κ2) is 8.97. The third-order valence-corrected chi connectivity index (χ3v) is 5.34. The summed E-state index contributed by atoms with van der Waals surface area (Å²) in [5, 5.41) is 13.2. The van der Waals surface area contributed by atoms with E-state index in [9.17, 15) is 9.90 Å². The van der Waals surface area contributed by atoms with Crippen molar-refractivity contribution >= 4 is 5.97 Å². The monoisotopic (exact) mass is 392 g/mol. The molecule has 1 heterocycles.